The van der Waals surface area contributed by atoms with Gasteiger partial charge in [-0.1, -0.05) is 12.1 Å². The summed E-state index contributed by atoms with van der Waals surface area (Å²) < 4.78 is 4.82. The Bertz CT molecular complexity index is 628. The first-order valence-corrected chi connectivity index (χ1v) is 7.63. The number of carbonyl (C=O) groups is 4. The zero-order valence-electron chi connectivity index (χ0n) is 14.3. The fraction of sp³-hybridized carbons (Fsp3) is 0.375. The molecule has 0 radical (unpaired) electrons. The molecule has 0 heterocycles. The third-order valence-electron chi connectivity index (χ3n) is 2.77. The molecular formula is C16H22N4O5. The summed E-state index contributed by atoms with van der Waals surface area (Å²) in [5.41, 5.74) is 5.23. The van der Waals surface area contributed by atoms with E-state index in [2.05, 4.69) is 21.5 Å². The van der Waals surface area contributed by atoms with Crippen LogP contribution in [0.5, 0.6) is 0 Å². The van der Waals surface area contributed by atoms with Crippen molar-refractivity contribution in [1.29, 1.82) is 0 Å². The first kappa shape index (κ1) is 19.9. The molecule has 1 rings (SSSR count). The third kappa shape index (κ3) is 8.35. The number of amides is 4. The monoisotopic (exact) mass is 350 g/mol. The van der Waals surface area contributed by atoms with Gasteiger partial charge in [-0.2, -0.15) is 0 Å². The van der Waals surface area contributed by atoms with Gasteiger partial charge in [0.05, 0.1) is 5.56 Å². The highest BCUT2D eigenvalue weighted by Gasteiger charge is 2.10. The Morgan fingerprint density at radius 3 is 2.24 bits per heavy atom. The average molecular weight is 350 g/mol. The first-order chi connectivity index (χ1) is 11.8. The van der Waals surface area contributed by atoms with E-state index in [4.69, 9.17) is 4.74 Å². The summed E-state index contributed by atoms with van der Waals surface area (Å²) in [5.74, 6) is -1.76. The number of urea groups is 1. The van der Waals surface area contributed by atoms with Crippen molar-refractivity contribution in [3.63, 3.8) is 0 Å². The van der Waals surface area contributed by atoms with Crippen molar-refractivity contribution in [2.24, 2.45) is 0 Å². The summed E-state index contributed by atoms with van der Waals surface area (Å²) in [7, 11) is 0. The Morgan fingerprint density at radius 1 is 1.04 bits per heavy atom. The number of nitrogens with one attached hydrogen (secondary N) is 4. The molecule has 136 valence electrons. The topological polar surface area (TPSA) is 126 Å². The summed E-state index contributed by atoms with van der Waals surface area (Å²) in [4.78, 5) is 45.2. The van der Waals surface area contributed by atoms with Crippen molar-refractivity contribution in [2.45, 2.75) is 33.4 Å². The van der Waals surface area contributed by atoms with Crippen molar-refractivity contribution in [1.82, 2.24) is 21.5 Å². The standard InChI is InChI=1S/C16H22N4O5/c1-10(2)18-16(24)17-8-12-4-6-13(7-5-12)15(23)25-9-14(22)20-19-11(3)21/h4-7,10H,8-9H2,1-3H3,(H,19,21)(H,20,22)(H2,17,18,24). The molecule has 0 unspecified atom stereocenters. The zero-order chi connectivity index (χ0) is 18.8. The van der Waals surface area contributed by atoms with Crippen LogP contribution in [0.4, 0.5) is 4.79 Å². The Balaban J connectivity index is 2.42. The summed E-state index contributed by atoms with van der Waals surface area (Å²) >= 11 is 0. The number of hydrogen-bond acceptors (Lipinski definition) is 5. The van der Waals surface area contributed by atoms with E-state index in [0.29, 0.717) is 6.54 Å². The van der Waals surface area contributed by atoms with Crippen LogP contribution in [0.15, 0.2) is 24.3 Å². The molecule has 0 aliphatic carbocycles. The fourth-order valence-corrected chi connectivity index (χ4v) is 1.66. The van der Waals surface area contributed by atoms with Crippen LogP contribution >= 0.6 is 0 Å². The van der Waals surface area contributed by atoms with Crippen LogP contribution < -0.4 is 21.5 Å². The van der Waals surface area contributed by atoms with Crippen molar-refractivity contribution >= 4 is 23.8 Å². The molecule has 0 aliphatic heterocycles. The number of hydrogen-bond donors (Lipinski definition) is 4. The van der Waals surface area contributed by atoms with Crippen LogP contribution in [-0.4, -0.2) is 36.5 Å². The smallest absolute Gasteiger partial charge is 0.338 e. The lowest BCUT2D eigenvalue weighted by atomic mass is 10.1. The summed E-state index contributed by atoms with van der Waals surface area (Å²) in [6.07, 6.45) is 0. The van der Waals surface area contributed by atoms with Gasteiger partial charge in [0, 0.05) is 19.5 Å². The summed E-state index contributed by atoms with van der Waals surface area (Å²) in [6.45, 7) is 4.74. The van der Waals surface area contributed by atoms with Crippen molar-refractivity contribution in [3.05, 3.63) is 35.4 Å². The van der Waals surface area contributed by atoms with E-state index in [1.54, 1.807) is 12.1 Å². The minimum atomic E-state index is -0.671. The van der Waals surface area contributed by atoms with E-state index in [1.165, 1.54) is 19.1 Å². The maximum atomic E-state index is 11.8. The highest BCUT2D eigenvalue weighted by Crippen LogP contribution is 2.06. The molecule has 25 heavy (non-hydrogen) atoms. The van der Waals surface area contributed by atoms with Crippen molar-refractivity contribution in [3.8, 4) is 0 Å². The van der Waals surface area contributed by atoms with E-state index in [-0.39, 0.29) is 17.6 Å². The summed E-state index contributed by atoms with van der Waals surface area (Å²) in [5, 5.41) is 5.39. The van der Waals surface area contributed by atoms with Gasteiger partial charge in [0.25, 0.3) is 5.91 Å². The highest BCUT2D eigenvalue weighted by atomic mass is 16.5. The number of ether oxygens (including phenoxy) is 1. The molecular weight excluding hydrogens is 328 g/mol. The molecule has 4 N–H and O–H groups in total. The SMILES string of the molecule is CC(=O)NNC(=O)COC(=O)c1ccc(CNC(=O)NC(C)C)cc1. The van der Waals surface area contributed by atoms with Crippen LogP contribution in [0.3, 0.4) is 0 Å². The lowest BCUT2D eigenvalue weighted by Gasteiger charge is -2.10. The second kappa shape index (κ2) is 9.91. The molecule has 0 fully saturated rings. The third-order valence-corrected chi connectivity index (χ3v) is 2.77. The van der Waals surface area contributed by atoms with Gasteiger partial charge in [0.2, 0.25) is 5.91 Å². The second-order valence-electron chi connectivity index (χ2n) is 5.48. The maximum Gasteiger partial charge on any atom is 0.338 e. The molecule has 0 saturated carbocycles. The second-order valence-corrected chi connectivity index (χ2v) is 5.48. The van der Waals surface area contributed by atoms with Gasteiger partial charge in [0.1, 0.15) is 0 Å². The Morgan fingerprint density at radius 2 is 1.68 bits per heavy atom. The maximum absolute atomic E-state index is 11.8. The summed E-state index contributed by atoms with van der Waals surface area (Å²) in [6, 6.07) is 6.17. The van der Waals surface area contributed by atoms with Gasteiger partial charge in [0.15, 0.2) is 6.61 Å². The zero-order valence-corrected chi connectivity index (χ0v) is 14.3. The minimum Gasteiger partial charge on any atom is -0.452 e. The predicted molar refractivity (Wildman–Crippen MR) is 89.2 cm³/mol. The average Bonchev–Trinajstić information content (AvgIpc) is 2.55. The van der Waals surface area contributed by atoms with Gasteiger partial charge in [-0.25, -0.2) is 9.59 Å². The molecule has 0 atom stereocenters. The van der Waals surface area contributed by atoms with Gasteiger partial charge >= 0.3 is 12.0 Å². The van der Waals surface area contributed by atoms with E-state index in [1.807, 2.05) is 13.8 Å². The fourth-order valence-electron chi connectivity index (χ4n) is 1.66. The Kier molecular flexibility index (Phi) is 7.91. The van der Waals surface area contributed by atoms with Crippen LogP contribution in [-0.2, 0) is 20.9 Å². The molecule has 9 heteroatoms. The van der Waals surface area contributed by atoms with Crippen LogP contribution in [0, 0.1) is 0 Å². The van der Waals surface area contributed by atoms with Gasteiger partial charge in [-0.05, 0) is 31.5 Å². The predicted octanol–water partition coefficient (Wildman–Crippen LogP) is 0.218. The number of carbonyl (C=O) groups excluding carboxylic acids is 4. The molecule has 1 aromatic carbocycles. The molecule has 0 aliphatic rings. The Labute approximate surface area is 145 Å². The van der Waals surface area contributed by atoms with Crippen LogP contribution in [0.25, 0.3) is 0 Å². The van der Waals surface area contributed by atoms with E-state index in [9.17, 15) is 19.2 Å². The largest absolute Gasteiger partial charge is 0.452 e. The number of esters is 1. The highest BCUT2D eigenvalue weighted by molar-refractivity contribution is 5.91. The van der Waals surface area contributed by atoms with Crippen molar-refractivity contribution in [2.75, 3.05) is 6.61 Å². The number of benzene rings is 1. The minimum absolute atomic E-state index is 0.0417. The molecule has 0 saturated heterocycles. The molecule has 4 amide bonds. The van der Waals surface area contributed by atoms with Crippen molar-refractivity contribution < 1.29 is 23.9 Å². The van der Waals surface area contributed by atoms with Gasteiger partial charge < -0.3 is 15.4 Å². The lowest BCUT2D eigenvalue weighted by Crippen LogP contribution is -2.42. The van der Waals surface area contributed by atoms with E-state index >= 15 is 0 Å². The quantitative estimate of drug-likeness (QED) is 0.431. The number of rotatable bonds is 6. The molecule has 9 nitrogen and oxygen atoms in total. The van der Waals surface area contributed by atoms with Crippen LogP contribution in [0.2, 0.25) is 0 Å². The molecule has 0 spiro atoms. The van der Waals surface area contributed by atoms with Gasteiger partial charge in [-0.3, -0.25) is 20.4 Å². The van der Waals surface area contributed by atoms with E-state index in [0.717, 1.165) is 5.56 Å². The molecule has 0 bridgehead atoms. The Hall–Kier alpha value is -3.10. The molecule has 1 aromatic rings. The first-order valence-electron chi connectivity index (χ1n) is 7.63. The molecule has 0 aromatic heterocycles. The lowest BCUT2D eigenvalue weighted by molar-refractivity contribution is -0.129. The normalized spacial score (nSPS) is 9.92. The van der Waals surface area contributed by atoms with Gasteiger partial charge in [-0.15, -0.1) is 0 Å². The number of hydrazine groups is 1. The van der Waals surface area contributed by atoms with Crippen LogP contribution in [0.1, 0.15) is 36.7 Å². The van der Waals surface area contributed by atoms with E-state index < -0.39 is 24.4 Å².